The van der Waals surface area contributed by atoms with E-state index in [0.717, 1.165) is 24.1 Å². The third-order valence-corrected chi connectivity index (χ3v) is 4.22. The molecule has 1 fully saturated rings. The van der Waals surface area contributed by atoms with E-state index in [1.54, 1.807) is 0 Å². The van der Waals surface area contributed by atoms with Gasteiger partial charge in [0, 0.05) is 29.3 Å². The van der Waals surface area contributed by atoms with E-state index in [9.17, 15) is 0 Å². The van der Waals surface area contributed by atoms with Crippen LogP contribution in [0.5, 0.6) is 0 Å². The van der Waals surface area contributed by atoms with E-state index in [0.29, 0.717) is 6.04 Å². The van der Waals surface area contributed by atoms with Crippen LogP contribution in [0.25, 0.3) is 0 Å². The lowest BCUT2D eigenvalue weighted by atomic mass is 10.0. The Hall–Kier alpha value is -0.580. The van der Waals surface area contributed by atoms with Crippen LogP contribution >= 0.6 is 15.9 Å². The van der Waals surface area contributed by atoms with Crippen molar-refractivity contribution in [2.24, 2.45) is 0 Å². The van der Waals surface area contributed by atoms with Gasteiger partial charge in [-0.1, -0.05) is 28.9 Å². The molecule has 3 unspecified atom stereocenters. The third kappa shape index (κ3) is 3.74. The number of anilines is 1. The van der Waals surface area contributed by atoms with Crippen molar-refractivity contribution < 1.29 is 4.74 Å². The number of hydrogen-bond acceptors (Lipinski definition) is 3. The van der Waals surface area contributed by atoms with Crippen molar-refractivity contribution in [1.82, 2.24) is 5.32 Å². The van der Waals surface area contributed by atoms with Gasteiger partial charge in [0.2, 0.25) is 0 Å². The zero-order valence-electron chi connectivity index (χ0n) is 12.8. The first-order valence-electron chi connectivity index (χ1n) is 7.44. The molecule has 0 bridgehead atoms. The lowest BCUT2D eigenvalue weighted by molar-refractivity contribution is -0.00528. The van der Waals surface area contributed by atoms with Crippen molar-refractivity contribution in [1.29, 1.82) is 0 Å². The average molecular weight is 341 g/mol. The summed E-state index contributed by atoms with van der Waals surface area (Å²) in [5.74, 6) is 0. The molecule has 0 aliphatic carbocycles. The molecule has 1 aliphatic heterocycles. The van der Waals surface area contributed by atoms with E-state index < -0.39 is 0 Å². The highest BCUT2D eigenvalue weighted by Gasteiger charge is 2.25. The lowest BCUT2D eigenvalue weighted by Gasteiger charge is -2.38. The molecule has 4 heteroatoms. The van der Waals surface area contributed by atoms with Gasteiger partial charge < -0.3 is 15.0 Å². The molecule has 1 N–H and O–H groups in total. The van der Waals surface area contributed by atoms with E-state index in [1.165, 1.54) is 11.3 Å². The second kappa shape index (κ2) is 6.92. The first-order chi connectivity index (χ1) is 9.51. The van der Waals surface area contributed by atoms with Crippen LogP contribution in [0, 0.1) is 0 Å². The predicted molar refractivity (Wildman–Crippen MR) is 88.5 cm³/mol. The van der Waals surface area contributed by atoms with Crippen LogP contribution in [0.1, 0.15) is 39.3 Å². The molecule has 3 nitrogen and oxygen atoms in total. The van der Waals surface area contributed by atoms with Gasteiger partial charge in [-0.3, -0.25) is 0 Å². The number of nitrogens with zero attached hydrogens (tertiary/aromatic N) is 1. The zero-order chi connectivity index (χ0) is 14.7. The number of hydrogen-bond donors (Lipinski definition) is 1. The van der Waals surface area contributed by atoms with Gasteiger partial charge in [-0.15, -0.1) is 0 Å². The highest BCUT2D eigenvalue weighted by atomic mass is 79.9. The normalized spacial score (nSPS) is 24.8. The molecule has 1 aliphatic rings. The fourth-order valence-corrected chi connectivity index (χ4v) is 3.30. The second-order valence-corrected chi connectivity index (χ2v) is 6.56. The van der Waals surface area contributed by atoms with Crippen molar-refractivity contribution in [2.45, 2.75) is 45.9 Å². The molecule has 0 radical (unpaired) electrons. The summed E-state index contributed by atoms with van der Waals surface area (Å²) in [6.45, 7) is 11.5. The number of ether oxygens (including phenoxy) is 1. The summed E-state index contributed by atoms with van der Waals surface area (Å²) in [5.41, 5.74) is 2.67. The highest BCUT2D eigenvalue weighted by Crippen LogP contribution is 2.31. The monoisotopic (exact) mass is 340 g/mol. The Bertz CT molecular complexity index is 442. The molecule has 3 atom stereocenters. The van der Waals surface area contributed by atoms with Crippen LogP contribution < -0.4 is 10.2 Å². The van der Waals surface area contributed by atoms with Gasteiger partial charge in [-0.2, -0.15) is 0 Å². The predicted octanol–water partition coefficient (Wildman–Crippen LogP) is 3.73. The Morgan fingerprint density at radius 1 is 1.35 bits per heavy atom. The van der Waals surface area contributed by atoms with Crippen molar-refractivity contribution in [2.75, 3.05) is 24.5 Å². The average Bonchev–Trinajstić information content (AvgIpc) is 2.37. The minimum Gasteiger partial charge on any atom is -0.372 e. The standard InChI is InChI=1S/C16H25BrN2O/c1-5-18-13(4)15-7-6-14(17)8-16(15)19-9-11(2)20-12(3)10-19/h6-8,11-13,18H,5,9-10H2,1-4H3. The second-order valence-electron chi connectivity index (χ2n) is 5.64. The van der Waals surface area contributed by atoms with E-state index in [-0.39, 0.29) is 12.2 Å². The number of benzene rings is 1. The Morgan fingerprint density at radius 2 is 2.00 bits per heavy atom. The molecule has 1 aromatic carbocycles. The first kappa shape index (κ1) is 15.8. The SMILES string of the molecule is CCNC(C)c1ccc(Br)cc1N1CC(C)OC(C)C1. The Balaban J connectivity index is 2.31. The third-order valence-electron chi connectivity index (χ3n) is 3.73. The molecule has 112 valence electrons. The Labute approximate surface area is 130 Å². The number of nitrogens with one attached hydrogen (secondary N) is 1. The van der Waals surface area contributed by atoms with E-state index in [4.69, 9.17) is 4.74 Å². The zero-order valence-corrected chi connectivity index (χ0v) is 14.4. The number of rotatable bonds is 4. The molecule has 1 aromatic rings. The van der Waals surface area contributed by atoms with Gasteiger partial charge in [-0.05, 0) is 45.0 Å². The molecule has 2 rings (SSSR count). The summed E-state index contributed by atoms with van der Waals surface area (Å²) in [5, 5.41) is 3.51. The smallest absolute Gasteiger partial charge is 0.0726 e. The van der Waals surface area contributed by atoms with E-state index in [2.05, 4.69) is 72.0 Å². The molecule has 0 spiro atoms. The van der Waals surface area contributed by atoms with Gasteiger partial charge in [0.25, 0.3) is 0 Å². The maximum atomic E-state index is 5.85. The summed E-state index contributed by atoms with van der Waals surface area (Å²) >= 11 is 3.60. The van der Waals surface area contributed by atoms with Crippen molar-refractivity contribution >= 4 is 21.6 Å². The molecular formula is C16H25BrN2O. The lowest BCUT2D eigenvalue weighted by Crippen LogP contribution is -2.46. The molecule has 20 heavy (non-hydrogen) atoms. The van der Waals surface area contributed by atoms with Crippen LogP contribution in [-0.2, 0) is 4.74 Å². The van der Waals surface area contributed by atoms with Crippen LogP contribution in [0.2, 0.25) is 0 Å². The maximum Gasteiger partial charge on any atom is 0.0726 e. The minimum absolute atomic E-state index is 0.278. The number of halogens is 1. The molecule has 0 aromatic heterocycles. The van der Waals surface area contributed by atoms with Gasteiger partial charge >= 0.3 is 0 Å². The van der Waals surface area contributed by atoms with Crippen molar-refractivity contribution in [3.63, 3.8) is 0 Å². The van der Waals surface area contributed by atoms with Crippen LogP contribution in [-0.4, -0.2) is 31.8 Å². The molecule has 1 heterocycles. The molecule has 0 saturated carbocycles. The molecular weight excluding hydrogens is 316 g/mol. The highest BCUT2D eigenvalue weighted by molar-refractivity contribution is 9.10. The summed E-state index contributed by atoms with van der Waals surface area (Å²) in [7, 11) is 0. The first-order valence-corrected chi connectivity index (χ1v) is 8.23. The summed E-state index contributed by atoms with van der Waals surface area (Å²) in [4.78, 5) is 2.45. The van der Waals surface area contributed by atoms with Crippen LogP contribution in [0.15, 0.2) is 22.7 Å². The molecule has 0 amide bonds. The van der Waals surface area contributed by atoms with Gasteiger partial charge in [0.1, 0.15) is 0 Å². The van der Waals surface area contributed by atoms with Crippen LogP contribution in [0.4, 0.5) is 5.69 Å². The molecule has 1 saturated heterocycles. The summed E-state index contributed by atoms with van der Waals surface area (Å²) < 4.78 is 6.98. The van der Waals surface area contributed by atoms with Gasteiger partial charge in [0.05, 0.1) is 12.2 Å². The van der Waals surface area contributed by atoms with Crippen molar-refractivity contribution in [3.05, 3.63) is 28.2 Å². The fourth-order valence-electron chi connectivity index (χ4n) is 2.95. The fraction of sp³-hybridized carbons (Fsp3) is 0.625. The number of morpholine rings is 1. The van der Waals surface area contributed by atoms with Gasteiger partial charge in [0.15, 0.2) is 0 Å². The van der Waals surface area contributed by atoms with E-state index >= 15 is 0 Å². The quantitative estimate of drug-likeness (QED) is 0.903. The largest absolute Gasteiger partial charge is 0.372 e. The van der Waals surface area contributed by atoms with Crippen molar-refractivity contribution in [3.8, 4) is 0 Å². The van der Waals surface area contributed by atoms with E-state index in [1.807, 2.05) is 0 Å². The van der Waals surface area contributed by atoms with Gasteiger partial charge in [-0.25, -0.2) is 0 Å². The topological polar surface area (TPSA) is 24.5 Å². The Kier molecular flexibility index (Phi) is 5.47. The Morgan fingerprint density at radius 3 is 2.60 bits per heavy atom. The minimum atomic E-state index is 0.278. The van der Waals surface area contributed by atoms with Crippen LogP contribution in [0.3, 0.4) is 0 Å². The summed E-state index contributed by atoms with van der Waals surface area (Å²) in [6.07, 6.45) is 0.556. The summed E-state index contributed by atoms with van der Waals surface area (Å²) in [6, 6.07) is 6.93. The maximum absolute atomic E-state index is 5.85.